The lowest BCUT2D eigenvalue weighted by atomic mass is 10.1. The van der Waals surface area contributed by atoms with Crippen LogP contribution in [0.15, 0.2) is 50.6 Å². The van der Waals surface area contributed by atoms with Gasteiger partial charge in [0.25, 0.3) is 0 Å². The topological polar surface area (TPSA) is 24.1 Å². The van der Waals surface area contributed by atoms with E-state index < -0.39 is 0 Å². The van der Waals surface area contributed by atoms with E-state index in [0.29, 0.717) is 12.1 Å². The molecule has 0 saturated carbocycles. The molecule has 0 saturated heterocycles. The van der Waals surface area contributed by atoms with Crippen LogP contribution in [-0.2, 0) is 0 Å². The van der Waals surface area contributed by atoms with Crippen molar-refractivity contribution in [1.82, 2.24) is 10.6 Å². The Bertz CT molecular complexity index is 256. The second-order valence-electron chi connectivity index (χ2n) is 5.81. The molecular formula is C20H38Br2N2. The zero-order valence-corrected chi connectivity index (χ0v) is 18.6. The van der Waals surface area contributed by atoms with Crippen LogP contribution in [0.3, 0.4) is 0 Å². The van der Waals surface area contributed by atoms with E-state index in [4.69, 9.17) is 0 Å². The Morgan fingerprint density at radius 3 is 1.08 bits per heavy atom. The number of rotatable bonds is 17. The lowest BCUT2D eigenvalue weighted by molar-refractivity contribution is 0.478. The zero-order chi connectivity index (χ0) is 16.5. The summed E-state index contributed by atoms with van der Waals surface area (Å²) in [5.74, 6) is 0. The van der Waals surface area contributed by atoms with Crippen LogP contribution in [0.5, 0.6) is 0 Å². The van der Waals surface area contributed by atoms with E-state index in [-0.39, 0.29) is 34.0 Å². The third-order valence-electron chi connectivity index (χ3n) is 3.77. The minimum atomic E-state index is 0. The van der Waals surface area contributed by atoms with Crippen molar-refractivity contribution in [3.8, 4) is 0 Å². The van der Waals surface area contributed by atoms with Gasteiger partial charge in [-0.05, 0) is 51.6 Å². The van der Waals surface area contributed by atoms with Gasteiger partial charge >= 0.3 is 0 Å². The molecule has 2 N–H and O–H groups in total. The summed E-state index contributed by atoms with van der Waals surface area (Å²) in [6, 6.07) is 1.02. The third kappa shape index (κ3) is 18.2. The molecule has 2 nitrogen and oxygen atoms in total. The summed E-state index contributed by atoms with van der Waals surface area (Å²) in [6.07, 6.45) is 17.1. The summed E-state index contributed by atoms with van der Waals surface area (Å²) in [6.45, 7) is 17.4. The maximum atomic E-state index is 3.81. The van der Waals surface area contributed by atoms with E-state index in [9.17, 15) is 0 Å². The van der Waals surface area contributed by atoms with Gasteiger partial charge in [0.1, 0.15) is 0 Å². The molecule has 24 heavy (non-hydrogen) atoms. The van der Waals surface area contributed by atoms with Crippen molar-refractivity contribution in [1.29, 1.82) is 0 Å². The SMILES string of the molecule is Br.Br.C=CCC(CC=C)NCCCCCCNC(CC=C)CC=C. The van der Waals surface area contributed by atoms with Crippen molar-refractivity contribution in [3.05, 3.63) is 50.6 Å². The van der Waals surface area contributed by atoms with E-state index in [2.05, 4.69) is 36.9 Å². The second kappa shape index (κ2) is 22.8. The van der Waals surface area contributed by atoms with E-state index in [1.165, 1.54) is 25.7 Å². The largest absolute Gasteiger partial charge is 0.313 e. The molecule has 0 aromatic carbocycles. The highest BCUT2D eigenvalue weighted by Gasteiger charge is 2.04. The highest BCUT2D eigenvalue weighted by molar-refractivity contribution is 8.93. The molecule has 0 spiro atoms. The van der Waals surface area contributed by atoms with Crippen LogP contribution in [0.2, 0.25) is 0 Å². The molecule has 0 unspecified atom stereocenters. The van der Waals surface area contributed by atoms with Gasteiger partial charge in [-0.25, -0.2) is 0 Å². The van der Waals surface area contributed by atoms with E-state index >= 15 is 0 Å². The second-order valence-corrected chi connectivity index (χ2v) is 5.81. The predicted molar refractivity (Wildman–Crippen MR) is 122 cm³/mol. The minimum Gasteiger partial charge on any atom is -0.313 e. The van der Waals surface area contributed by atoms with Gasteiger partial charge < -0.3 is 10.6 Å². The highest BCUT2D eigenvalue weighted by Crippen LogP contribution is 2.04. The maximum Gasteiger partial charge on any atom is 0.0136 e. The standard InChI is InChI=1S/C20H36N2.2BrH/c1-5-13-19(14-6-2)21-17-11-9-10-12-18-22-20(15-7-3)16-8-4;;/h5-8,19-22H,1-4,9-18H2;2*1H. The Morgan fingerprint density at radius 1 is 0.542 bits per heavy atom. The third-order valence-corrected chi connectivity index (χ3v) is 3.77. The van der Waals surface area contributed by atoms with Gasteiger partial charge in [-0.2, -0.15) is 0 Å². The molecule has 0 radical (unpaired) electrons. The molecule has 0 heterocycles. The first-order valence-corrected chi connectivity index (χ1v) is 8.68. The summed E-state index contributed by atoms with van der Waals surface area (Å²) >= 11 is 0. The van der Waals surface area contributed by atoms with E-state index in [1.54, 1.807) is 0 Å². The molecule has 142 valence electrons. The Balaban J connectivity index is -0.00000220. The molecule has 0 aliphatic carbocycles. The zero-order valence-electron chi connectivity index (χ0n) is 15.2. The van der Waals surface area contributed by atoms with Crippen molar-refractivity contribution in [2.45, 2.75) is 63.5 Å². The Kier molecular flexibility index (Phi) is 27.3. The van der Waals surface area contributed by atoms with Gasteiger partial charge in [0.2, 0.25) is 0 Å². The van der Waals surface area contributed by atoms with Crippen LogP contribution in [0.25, 0.3) is 0 Å². The van der Waals surface area contributed by atoms with Gasteiger partial charge in [0.05, 0.1) is 0 Å². The molecule has 0 bridgehead atoms. The summed E-state index contributed by atoms with van der Waals surface area (Å²) in [7, 11) is 0. The first kappa shape index (κ1) is 28.6. The van der Waals surface area contributed by atoms with Crippen molar-refractivity contribution in [2.24, 2.45) is 0 Å². The summed E-state index contributed by atoms with van der Waals surface area (Å²) < 4.78 is 0. The smallest absolute Gasteiger partial charge is 0.0136 e. The molecule has 0 aromatic rings. The number of hydrogen-bond donors (Lipinski definition) is 2. The van der Waals surface area contributed by atoms with E-state index in [0.717, 1.165) is 38.8 Å². The van der Waals surface area contributed by atoms with Crippen LogP contribution in [0.4, 0.5) is 0 Å². The first-order valence-electron chi connectivity index (χ1n) is 8.68. The quantitative estimate of drug-likeness (QED) is 0.205. The maximum absolute atomic E-state index is 3.81. The molecule has 0 aromatic heterocycles. The van der Waals surface area contributed by atoms with Crippen molar-refractivity contribution < 1.29 is 0 Å². The number of halogens is 2. The lowest BCUT2D eigenvalue weighted by Crippen LogP contribution is -2.29. The molecule has 0 rings (SSSR count). The predicted octanol–water partition coefficient (Wildman–Crippen LogP) is 5.92. The van der Waals surface area contributed by atoms with Gasteiger partial charge in [-0.1, -0.05) is 37.1 Å². The fraction of sp³-hybridized carbons (Fsp3) is 0.600. The molecule has 4 heteroatoms. The van der Waals surface area contributed by atoms with Crippen molar-refractivity contribution in [2.75, 3.05) is 13.1 Å². The number of unbranched alkanes of at least 4 members (excludes halogenated alkanes) is 3. The summed E-state index contributed by atoms with van der Waals surface area (Å²) in [5, 5.41) is 7.17. The lowest BCUT2D eigenvalue weighted by Gasteiger charge is -2.16. The molecular weight excluding hydrogens is 428 g/mol. The van der Waals surface area contributed by atoms with Gasteiger partial charge in [0.15, 0.2) is 0 Å². The van der Waals surface area contributed by atoms with Crippen LogP contribution in [0.1, 0.15) is 51.4 Å². The van der Waals surface area contributed by atoms with Crippen LogP contribution in [0, 0.1) is 0 Å². The van der Waals surface area contributed by atoms with Crippen molar-refractivity contribution >= 4 is 34.0 Å². The molecule has 0 aliphatic rings. The average molecular weight is 466 g/mol. The van der Waals surface area contributed by atoms with Gasteiger partial charge in [-0.3, -0.25) is 0 Å². The fourth-order valence-corrected chi connectivity index (χ4v) is 2.55. The summed E-state index contributed by atoms with van der Waals surface area (Å²) in [5.41, 5.74) is 0. The van der Waals surface area contributed by atoms with Crippen LogP contribution in [-0.4, -0.2) is 25.2 Å². The van der Waals surface area contributed by atoms with Crippen molar-refractivity contribution in [3.63, 3.8) is 0 Å². The average Bonchev–Trinajstić information content (AvgIpc) is 2.50. The highest BCUT2D eigenvalue weighted by atomic mass is 79.9. The molecule has 0 fully saturated rings. The number of nitrogens with one attached hydrogen (secondary N) is 2. The number of hydrogen-bond acceptors (Lipinski definition) is 2. The van der Waals surface area contributed by atoms with Crippen LogP contribution >= 0.6 is 34.0 Å². The fourth-order valence-electron chi connectivity index (χ4n) is 2.55. The monoisotopic (exact) mass is 464 g/mol. The van der Waals surface area contributed by atoms with E-state index in [1.807, 2.05) is 24.3 Å². The first-order chi connectivity index (χ1) is 10.8. The molecule has 0 aliphatic heterocycles. The molecule has 0 amide bonds. The molecule has 0 atom stereocenters. The Labute approximate surface area is 171 Å². The minimum absolute atomic E-state index is 0. The Morgan fingerprint density at radius 2 is 0.833 bits per heavy atom. The van der Waals surface area contributed by atoms with Gasteiger partial charge in [-0.15, -0.1) is 60.3 Å². The summed E-state index contributed by atoms with van der Waals surface area (Å²) in [4.78, 5) is 0. The van der Waals surface area contributed by atoms with Crippen LogP contribution < -0.4 is 10.6 Å². The normalized spacial score (nSPS) is 9.92. The Hall–Kier alpha value is -0.160. The van der Waals surface area contributed by atoms with Gasteiger partial charge in [0, 0.05) is 12.1 Å².